The van der Waals surface area contributed by atoms with E-state index in [1.807, 2.05) is 0 Å². The molecule has 23 heavy (non-hydrogen) atoms. The van der Waals surface area contributed by atoms with E-state index >= 15 is 0 Å². The molecule has 0 aliphatic heterocycles. The summed E-state index contributed by atoms with van der Waals surface area (Å²) in [6.45, 7) is 0.477. The van der Waals surface area contributed by atoms with Crippen LogP contribution in [0.15, 0.2) is 60.8 Å². The summed E-state index contributed by atoms with van der Waals surface area (Å²) in [6, 6.07) is 13.1. The second-order valence-corrected chi connectivity index (χ2v) is 4.73. The van der Waals surface area contributed by atoms with Gasteiger partial charge in [0, 0.05) is 36.5 Å². The monoisotopic (exact) mass is 312 g/mol. The molecule has 0 aliphatic rings. The first kappa shape index (κ1) is 16.2. The molecule has 2 rings (SSSR count). The van der Waals surface area contributed by atoms with Crippen molar-refractivity contribution in [3.8, 4) is 5.75 Å². The van der Waals surface area contributed by atoms with Gasteiger partial charge in [0.25, 0.3) is 5.69 Å². The van der Waals surface area contributed by atoms with Gasteiger partial charge in [-0.05, 0) is 29.8 Å². The third kappa shape index (κ3) is 4.67. The molecule has 0 atom stereocenters. The number of nitro groups is 1. The maximum absolute atomic E-state index is 11.9. The van der Waals surface area contributed by atoms with Crippen LogP contribution in [0.2, 0.25) is 0 Å². The number of rotatable bonds is 7. The molecular formula is C17H16N2O4. The van der Waals surface area contributed by atoms with E-state index in [0.717, 1.165) is 5.56 Å². The topological polar surface area (TPSA) is 81.5 Å². The Kier molecular flexibility index (Phi) is 5.46. The standard InChI is InChI=1S/C17H16N2O4/c1-23-16-8-4-14(5-9-16)17(20)10-11-18-12-13-2-6-15(7-3-13)19(21)22/h2-11,18H,12H2,1H3/b11-10-. The summed E-state index contributed by atoms with van der Waals surface area (Å²) in [6.07, 6.45) is 3.00. The molecule has 0 saturated carbocycles. The first-order chi connectivity index (χ1) is 11.1. The molecule has 0 radical (unpaired) electrons. The van der Waals surface area contributed by atoms with Gasteiger partial charge in [0.2, 0.25) is 0 Å². The van der Waals surface area contributed by atoms with Crippen molar-refractivity contribution in [2.75, 3.05) is 7.11 Å². The van der Waals surface area contributed by atoms with E-state index in [1.54, 1.807) is 49.7 Å². The lowest BCUT2D eigenvalue weighted by molar-refractivity contribution is -0.384. The molecule has 6 nitrogen and oxygen atoms in total. The Morgan fingerprint density at radius 3 is 2.39 bits per heavy atom. The summed E-state index contributed by atoms with van der Waals surface area (Å²) in [4.78, 5) is 22.0. The molecule has 6 heteroatoms. The molecule has 0 amide bonds. The normalized spacial score (nSPS) is 10.5. The van der Waals surface area contributed by atoms with Crippen LogP contribution < -0.4 is 10.1 Å². The number of ketones is 1. The zero-order valence-electron chi connectivity index (χ0n) is 12.6. The molecule has 0 aromatic heterocycles. The number of nitrogens with one attached hydrogen (secondary N) is 1. The first-order valence-corrected chi connectivity index (χ1v) is 6.92. The van der Waals surface area contributed by atoms with Crippen molar-refractivity contribution in [2.24, 2.45) is 0 Å². The minimum atomic E-state index is -0.440. The van der Waals surface area contributed by atoms with Crippen molar-refractivity contribution >= 4 is 11.5 Å². The van der Waals surface area contributed by atoms with Crippen LogP contribution in [0.3, 0.4) is 0 Å². The van der Waals surface area contributed by atoms with E-state index < -0.39 is 4.92 Å². The van der Waals surface area contributed by atoms with Crippen LogP contribution in [-0.4, -0.2) is 17.8 Å². The molecule has 0 bridgehead atoms. The minimum absolute atomic E-state index is 0.0546. The maximum Gasteiger partial charge on any atom is 0.269 e. The van der Waals surface area contributed by atoms with Gasteiger partial charge in [-0.25, -0.2) is 0 Å². The van der Waals surface area contributed by atoms with Crippen LogP contribution in [0.25, 0.3) is 0 Å². The van der Waals surface area contributed by atoms with E-state index in [1.165, 1.54) is 18.2 Å². The lowest BCUT2D eigenvalue weighted by Gasteiger charge is -2.02. The van der Waals surface area contributed by atoms with Gasteiger partial charge in [-0.3, -0.25) is 14.9 Å². The van der Waals surface area contributed by atoms with Crippen molar-refractivity contribution in [3.05, 3.63) is 82.0 Å². The fourth-order valence-corrected chi connectivity index (χ4v) is 1.90. The zero-order valence-corrected chi connectivity index (χ0v) is 12.6. The first-order valence-electron chi connectivity index (χ1n) is 6.92. The Morgan fingerprint density at radius 1 is 1.17 bits per heavy atom. The van der Waals surface area contributed by atoms with Crippen LogP contribution in [0.1, 0.15) is 15.9 Å². The number of methoxy groups -OCH3 is 1. The van der Waals surface area contributed by atoms with Crippen LogP contribution >= 0.6 is 0 Å². The quantitative estimate of drug-likeness (QED) is 0.368. The van der Waals surface area contributed by atoms with Gasteiger partial charge >= 0.3 is 0 Å². The summed E-state index contributed by atoms with van der Waals surface area (Å²) in [5, 5.41) is 13.5. The summed E-state index contributed by atoms with van der Waals surface area (Å²) >= 11 is 0. The molecule has 0 saturated heterocycles. The van der Waals surface area contributed by atoms with Gasteiger partial charge in [0.15, 0.2) is 5.78 Å². The smallest absolute Gasteiger partial charge is 0.269 e. The van der Waals surface area contributed by atoms with Crippen molar-refractivity contribution in [1.82, 2.24) is 5.32 Å². The van der Waals surface area contributed by atoms with Crippen LogP contribution in [-0.2, 0) is 6.54 Å². The number of allylic oxidation sites excluding steroid dienone is 1. The Hall–Kier alpha value is -3.15. The van der Waals surface area contributed by atoms with Crippen molar-refractivity contribution < 1.29 is 14.5 Å². The Morgan fingerprint density at radius 2 is 1.83 bits per heavy atom. The lowest BCUT2D eigenvalue weighted by Crippen LogP contribution is -2.06. The molecule has 0 unspecified atom stereocenters. The van der Waals surface area contributed by atoms with E-state index in [4.69, 9.17) is 4.74 Å². The van der Waals surface area contributed by atoms with Crippen molar-refractivity contribution in [2.45, 2.75) is 6.54 Å². The maximum atomic E-state index is 11.9. The number of hydrogen-bond acceptors (Lipinski definition) is 5. The Balaban J connectivity index is 1.85. The highest BCUT2D eigenvalue weighted by Gasteiger charge is 2.03. The number of nitrogens with zero attached hydrogens (tertiary/aromatic N) is 1. The van der Waals surface area contributed by atoms with Gasteiger partial charge < -0.3 is 10.1 Å². The molecule has 1 N–H and O–H groups in total. The number of non-ortho nitro benzene ring substituents is 1. The van der Waals surface area contributed by atoms with Gasteiger partial charge in [-0.1, -0.05) is 12.1 Å². The summed E-state index contributed by atoms with van der Waals surface area (Å²) in [5.74, 6) is 0.575. The van der Waals surface area contributed by atoms with Gasteiger partial charge in [-0.15, -0.1) is 0 Å². The van der Waals surface area contributed by atoms with Crippen molar-refractivity contribution in [3.63, 3.8) is 0 Å². The number of carbonyl (C=O) groups is 1. The SMILES string of the molecule is COc1ccc(C(=O)/C=C\NCc2ccc([N+](=O)[O-])cc2)cc1. The van der Waals surface area contributed by atoms with E-state index in [2.05, 4.69) is 5.32 Å². The second-order valence-electron chi connectivity index (χ2n) is 4.73. The predicted octanol–water partition coefficient (Wildman–Crippen LogP) is 3.09. The second kappa shape index (κ2) is 7.74. The minimum Gasteiger partial charge on any atom is -0.497 e. The fourth-order valence-electron chi connectivity index (χ4n) is 1.90. The molecule has 0 heterocycles. The molecule has 118 valence electrons. The molecule has 0 fully saturated rings. The fraction of sp³-hybridized carbons (Fsp3) is 0.118. The average Bonchev–Trinajstić information content (AvgIpc) is 2.59. The van der Waals surface area contributed by atoms with Crippen molar-refractivity contribution in [1.29, 1.82) is 0 Å². The third-order valence-corrected chi connectivity index (χ3v) is 3.18. The molecule has 2 aromatic rings. The van der Waals surface area contributed by atoms with Crippen LogP contribution in [0, 0.1) is 10.1 Å². The highest BCUT2D eigenvalue weighted by atomic mass is 16.6. The summed E-state index contributed by atoms with van der Waals surface area (Å²) < 4.78 is 5.04. The Labute approximate surface area is 133 Å². The molecule has 0 spiro atoms. The van der Waals surface area contributed by atoms with Crippen LogP contribution in [0.5, 0.6) is 5.75 Å². The summed E-state index contributed by atoms with van der Waals surface area (Å²) in [5.41, 5.74) is 1.51. The van der Waals surface area contributed by atoms with Crippen LogP contribution in [0.4, 0.5) is 5.69 Å². The average molecular weight is 312 g/mol. The lowest BCUT2D eigenvalue weighted by atomic mass is 10.1. The number of ether oxygens (including phenoxy) is 1. The van der Waals surface area contributed by atoms with E-state index in [-0.39, 0.29) is 11.5 Å². The van der Waals surface area contributed by atoms with Gasteiger partial charge in [0.1, 0.15) is 5.75 Å². The van der Waals surface area contributed by atoms with Gasteiger partial charge in [-0.2, -0.15) is 0 Å². The number of benzene rings is 2. The van der Waals surface area contributed by atoms with E-state index in [0.29, 0.717) is 17.9 Å². The zero-order chi connectivity index (χ0) is 16.7. The highest BCUT2D eigenvalue weighted by Crippen LogP contribution is 2.13. The molecule has 0 aliphatic carbocycles. The number of nitro benzene ring substituents is 1. The van der Waals surface area contributed by atoms with E-state index in [9.17, 15) is 14.9 Å². The number of carbonyl (C=O) groups excluding carboxylic acids is 1. The highest BCUT2D eigenvalue weighted by molar-refractivity contribution is 6.04. The summed E-state index contributed by atoms with van der Waals surface area (Å²) in [7, 11) is 1.57. The largest absolute Gasteiger partial charge is 0.497 e. The predicted molar refractivity (Wildman–Crippen MR) is 86.4 cm³/mol. The Bertz CT molecular complexity index is 706. The van der Waals surface area contributed by atoms with Gasteiger partial charge in [0.05, 0.1) is 12.0 Å². The third-order valence-electron chi connectivity index (χ3n) is 3.18. The molecule has 2 aromatic carbocycles. The number of hydrogen-bond donors (Lipinski definition) is 1. The molecular weight excluding hydrogens is 296 g/mol.